The van der Waals surface area contributed by atoms with Crippen LogP contribution in [0.2, 0.25) is 0 Å². The van der Waals surface area contributed by atoms with Crippen molar-refractivity contribution < 1.29 is 14.4 Å². The molecule has 1 saturated carbocycles. The van der Waals surface area contributed by atoms with Crippen molar-refractivity contribution in [1.82, 2.24) is 5.32 Å². The van der Waals surface area contributed by atoms with Crippen LogP contribution in [0.4, 0.5) is 21.9 Å². The van der Waals surface area contributed by atoms with Gasteiger partial charge >= 0.3 is 6.03 Å². The Morgan fingerprint density at radius 3 is 2.03 bits per heavy atom. The van der Waals surface area contributed by atoms with Crippen LogP contribution in [0.5, 0.6) is 0 Å². The largest absolute Gasteiger partial charge is 0.331 e. The Morgan fingerprint density at radius 1 is 0.931 bits per heavy atom. The molecule has 3 rings (SSSR count). The molecule has 0 radical (unpaired) electrons. The molecule has 3 N–H and O–H groups in total. The second-order valence-corrected chi connectivity index (χ2v) is 7.33. The van der Waals surface area contributed by atoms with E-state index in [1.165, 1.54) is 11.8 Å². The van der Waals surface area contributed by atoms with E-state index >= 15 is 0 Å². The molecule has 0 saturated heterocycles. The highest BCUT2D eigenvalue weighted by Crippen LogP contribution is 2.30. The number of urea groups is 1. The third kappa shape index (κ3) is 5.57. The maximum atomic E-state index is 12.3. The van der Waals surface area contributed by atoms with Gasteiger partial charge in [0, 0.05) is 37.0 Å². The number of benzene rings is 2. The molecule has 0 spiro atoms. The number of amides is 4. The van der Waals surface area contributed by atoms with Gasteiger partial charge in [-0.2, -0.15) is 0 Å². The summed E-state index contributed by atoms with van der Waals surface area (Å²) >= 11 is 0. The molecule has 0 aromatic heterocycles. The summed E-state index contributed by atoms with van der Waals surface area (Å²) in [5.74, 6) is 0.176. The Bertz CT molecular complexity index is 889. The minimum absolute atomic E-state index is 0.0598. The van der Waals surface area contributed by atoms with Crippen LogP contribution < -0.4 is 20.9 Å². The zero-order valence-electron chi connectivity index (χ0n) is 16.9. The van der Waals surface area contributed by atoms with E-state index in [0.29, 0.717) is 5.69 Å². The summed E-state index contributed by atoms with van der Waals surface area (Å²) in [6, 6.07) is 14.0. The quantitative estimate of drug-likeness (QED) is 0.694. The number of carbonyl (C=O) groups is 3. The molecule has 4 amide bonds. The molecular formula is C22H26N4O3. The van der Waals surface area contributed by atoms with Crippen LogP contribution in [0.25, 0.3) is 0 Å². The molecule has 1 aliphatic rings. The molecular weight excluding hydrogens is 368 g/mol. The van der Waals surface area contributed by atoms with Crippen molar-refractivity contribution in [2.75, 3.05) is 22.6 Å². The molecule has 1 unspecified atom stereocenters. The fourth-order valence-corrected chi connectivity index (χ4v) is 2.84. The highest BCUT2D eigenvalue weighted by atomic mass is 16.2. The van der Waals surface area contributed by atoms with Crippen molar-refractivity contribution in [3.05, 3.63) is 54.1 Å². The molecule has 1 atom stereocenters. The average molecular weight is 394 g/mol. The van der Waals surface area contributed by atoms with Crippen molar-refractivity contribution >= 4 is 34.9 Å². The van der Waals surface area contributed by atoms with Crippen molar-refractivity contribution in [3.8, 4) is 0 Å². The zero-order valence-corrected chi connectivity index (χ0v) is 16.9. The number of hydrogen-bond donors (Lipinski definition) is 3. The van der Waals surface area contributed by atoms with Crippen LogP contribution in [0.1, 0.15) is 38.3 Å². The Balaban J connectivity index is 1.52. The summed E-state index contributed by atoms with van der Waals surface area (Å²) in [7, 11) is 1.70. The summed E-state index contributed by atoms with van der Waals surface area (Å²) in [6.07, 6.45) is 1.94. The topological polar surface area (TPSA) is 90.5 Å². The lowest BCUT2D eigenvalue weighted by Crippen LogP contribution is -2.31. The van der Waals surface area contributed by atoms with Crippen molar-refractivity contribution in [2.45, 2.75) is 32.7 Å². The van der Waals surface area contributed by atoms with Crippen LogP contribution >= 0.6 is 0 Å². The molecule has 1 aliphatic carbocycles. The Kier molecular flexibility index (Phi) is 6.16. The van der Waals surface area contributed by atoms with Crippen molar-refractivity contribution in [2.24, 2.45) is 5.92 Å². The van der Waals surface area contributed by atoms with Crippen LogP contribution in [-0.2, 0) is 9.59 Å². The number of nitrogens with one attached hydrogen (secondary N) is 3. The number of anilines is 3. The van der Waals surface area contributed by atoms with Gasteiger partial charge in [-0.3, -0.25) is 9.59 Å². The first kappa shape index (κ1) is 20.4. The van der Waals surface area contributed by atoms with E-state index in [-0.39, 0.29) is 29.8 Å². The lowest BCUT2D eigenvalue weighted by Gasteiger charge is -2.17. The van der Waals surface area contributed by atoms with Crippen molar-refractivity contribution in [1.29, 1.82) is 0 Å². The molecule has 2 aromatic carbocycles. The number of nitrogens with zero attached hydrogens (tertiary/aromatic N) is 1. The molecule has 152 valence electrons. The van der Waals surface area contributed by atoms with Gasteiger partial charge in [0.2, 0.25) is 11.8 Å². The van der Waals surface area contributed by atoms with E-state index in [1.54, 1.807) is 31.3 Å². The molecule has 29 heavy (non-hydrogen) atoms. The molecule has 2 aromatic rings. The monoisotopic (exact) mass is 394 g/mol. The van der Waals surface area contributed by atoms with Gasteiger partial charge in [-0.1, -0.05) is 12.1 Å². The Hall–Kier alpha value is -3.35. The summed E-state index contributed by atoms with van der Waals surface area (Å²) in [5, 5.41) is 8.57. The minimum Gasteiger partial charge on any atom is -0.331 e. The van der Waals surface area contributed by atoms with E-state index in [0.717, 1.165) is 29.8 Å². The third-order valence-corrected chi connectivity index (χ3v) is 4.96. The highest BCUT2D eigenvalue weighted by molar-refractivity contribution is 5.94. The molecule has 0 aliphatic heterocycles. The van der Waals surface area contributed by atoms with Gasteiger partial charge in [0.25, 0.3) is 0 Å². The number of rotatable bonds is 6. The summed E-state index contributed by atoms with van der Waals surface area (Å²) in [6.45, 7) is 3.39. The van der Waals surface area contributed by atoms with Gasteiger partial charge in [0.1, 0.15) is 0 Å². The molecule has 1 fully saturated rings. The number of carbonyl (C=O) groups excluding carboxylic acids is 3. The van der Waals surface area contributed by atoms with Gasteiger partial charge in [-0.25, -0.2) is 4.79 Å². The van der Waals surface area contributed by atoms with Gasteiger partial charge in [-0.05, 0) is 61.7 Å². The van der Waals surface area contributed by atoms with Crippen LogP contribution in [0.15, 0.2) is 48.5 Å². The smallest absolute Gasteiger partial charge is 0.319 e. The first-order chi connectivity index (χ1) is 13.8. The number of hydrogen-bond acceptors (Lipinski definition) is 3. The van der Waals surface area contributed by atoms with E-state index in [2.05, 4.69) is 16.0 Å². The van der Waals surface area contributed by atoms with Crippen LogP contribution in [0, 0.1) is 5.92 Å². The third-order valence-electron chi connectivity index (χ3n) is 4.96. The molecule has 0 bridgehead atoms. The summed E-state index contributed by atoms with van der Waals surface area (Å²) < 4.78 is 0. The SMILES string of the molecule is CC(=O)N(C)c1ccc(NC(=O)NC(C)c2ccc(NC(=O)C3CC3)cc2)cc1. The predicted octanol–water partition coefficient (Wildman–Crippen LogP) is 3.90. The fourth-order valence-electron chi connectivity index (χ4n) is 2.84. The van der Waals surface area contributed by atoms with Gasteiger partial charge in [0.05, 0.1) is 6.04 Å². The average Bonchev–Trinajstić information content (AvgIpc) is 3.53. The summed E-state index contributed by atoms with van der Waals surface area (Å²) in [4.78, 5) is 37.0. The fraction of sp³-hybridized carbons (Fsp3) is 0.318. The first-order valence-electron chi connectivity index (χ1n) is 9.66. The lowest BCUT2D eigenvalue weighted by atomic mass is 10.1. The van der Waals surface area contributed by atoms with Crippen molar-refractivity contribution in [3.63, 3.8) is 0 Å². The molecule has 0 heterocycles. The lowest BCUT2D eigenvalue weighted by molar-refractivity contribution is -0.117. The Labute approximate surface area is 170 Å². The maximum Gasteiger partial charge on any atom is 0.319 e. The van der Waals surface area contributed by atoms with Crippen LogP contribution in [0.3, 0.4) is 0 Å². The van der Waals surface area contributed by atoms with E-state index in [1.807, 2.05) is 31.2 Å². The van der Waals surface area contributed by atoms with E-state index in [4.69, 9.17) is 0 Å². The van der Waals surface area contributed by atoms with E-state index < -0.39 is 0 Å². The maximum absolute atomic E-state index is 12.3. The van der Waals surface area contributed by atoms with E-state index in [9.17, 15) is 14.4 Å². The predicted molar refractivity (Wildman–Crippen MR) is 114 cm³/mol. The minimum atomic E-state index is -0.323. The second kappa shape index (κ2) is 8.77. The first-order valence-corrected chi connectivity index (χ1v) is 9.66. The normalized spacial score (nSPS) is 13.9. The zero-order chi connectivity index (χ0) is 21.0. The van der Waals surface area contributed by atoms with Gasteiger partial charge < -0.3 is 20.9 Å². The standard InChI is InChI=1S/C22H26N4O3/c1-14(16-6-8-18(9-7-16)24-21(28)17-4-5-17)23-22(29)25-19-10-12-20(13-11-19)26(3)15(2)27/h6-14,17H,4-5H2,1-3H3,(H,24,28)(H2,23,25,29). The van der Waals surface area contributed by atoms with Gasteiger partial charge in [0.15, 0.2) is 0 Å². The van der Waals surface area contributed by atoms with Gasteiger partial charge in [-0.15, -0.1) is 0 Å². The summed E-state index contributed by atoms with van der Waals surface area (Å²) in [5.41, 5.74) is 3.08. The highest BCUT2D eigenvalue weighted by Gasteiger charge is 2.29. The second-order valence-electron chi connectivity index (χ2n) is 7.33. The molecule has 7 heteroatoms. The Morgan fingerprint density at radius 2 is 1.48 bits per heavy atom. The van der Waals surface area contributed by atoms with Crippen LogP contribution in [-0.4, -0.2) is 24.9 Å². The molecule has 7 nitrogen and oxygen atoms in total.